The number of carbonyl (C=O) groups is 1. The molecule has 5 rings (SSSR count). The molecule has 2 aliphatic rings. The van der Waals surface area contributed by atoms with E-state index < -0.39 is 0 Å². The van der Waals surface area contributed by atoms with Crippen molar-refractivity contribution >= 4 is 28.0 Å². The van der Waals surface area contributed by atoms with Crippen molar-refractivity contribution in [3.63, 3.8) is 0 Å². The highest BCUT2D eigenvalue weighted by molar-refractivity contribution is 7.09. The number of aromatic nitrogens is 2. The highest BCUT2D eigenvalue weighted by Crippen LogP contribution is 2.33. The van der Waals surface area contributed by atoms with Gasteiger partial charge in [0.1, 0.15) is 0 Å². The van der Waals surface area contributed by atoms with Gasteiger partial charge in [-0.3, -0.25) is 14.5 Å². The number of rotatable bonds is 3. The van der Waals surface area contributed by atoms with Gasteiger partial charge in [-0.1, -0.05) is 24.3 Å². The molecule has 0 bridgehead atoms. The van der Waals surface area contributed by atoms with Gasteiger partial charge in [0.05, 0.1) is 5.39 Å². The van der Waals surface area contributed by atoms with E-state index in [1.807, 2.05) is 34.4 Å². The van der Waals surface area contributed by atoms with E-state index >= 15 is 0 Å². The summed E-state index contributed by atoms with van der Waals surface area (Å²) in [6.07, 6.45) is 3.17. The first kappa shape index (κ1) is 18.5. The van der Waals surface area contributed by atoms with E-state index in [4.69, 9.17) is 0 Å². The molecule has 0 radical (unpaired) electrons. The molecule has 0 spiro atoms. The number of carbonyl (C=O) groups excluding carboxylic acids is 1. The van der Waals surface area contributed by atoms with Gasteiger partial charge in [0, 0.05) is 42.5 Å². The lowest BCUT2D eigenvalue weighted by Gasteiger charge is -2.47. The molecule has 0 saturated carbocycles. The van der Waals surface area contributed by atoms with Gasteiger partial charge in [-0.15, -0.1) is 11.3 Å². The average Bonchev–Trinajstić information content (AvgIpc) is 3.26. The lowest BCUT2D eigenvalue weighted by Crippen LogP contribution is -2.55. The third-order valence-corrected chi connectivity index (χ3v) is 7.13. The van der Waals surface area contributed by atoms with Crippen LogP contribution in [0.5, 0.6) is 0 Å². The molecule has 2 fully saturated rings. The van der Waals surface area contributed by atoms with Crippen LogP contribution in [0.3, 0.4) is 0 Å². The minimum absolute atomic E-state index is 0.0566. The maximum absolute atomic E-state index is 13.4. The van der Waals surface area contributed by atoms with E-state index in [-0.39, 0.29) is 17.5 Å². The van der Waals surface area contributed by atoms with Crippen molar-refractivity contribution in [1.29, 1.82) is 0 Å². The monoisotopic (exact) mass is 408 g/mol. The third-order valence-electron chi connectivity index (χ3n) is 6.27. The molecule has 2 saturated heterocycles. The van der Waals surface area contributed by atoms with Crippen LogP contribution in [-0.4, -0.2) is 51.6 Å². The van der Waals surface area contributed by atoms with E-state index in [0.717, 1.165) is 45.4 Å². The van der Waals surface area contributed by atoms with Crippen LogP contribution >= 0.6 is 11.3 Å². The zero-order valence-corrected chi connectivity index (χ0v) is 17.0. The molecule has 1 amide bonds. The number of amides is 1. The normalized spacial score (nSPS) is 22.6. The SMILES string of the molecule is O=C(c1n[nH]c(=O)c2ccccc12)N1CCC[C@@H]2CN(Cc3cccs3)CC[C@H]21. The van der Waals surface area contributed by atoms with E-state index in [1.54, 1.807) is 6.07 Å². The number of H-pyrrole nitrogens is 1. The number of nitrogens with one attached hydrogen (secondary N) is 1. The molecule has 150 valence electrons. The fraction of sp³-hybridized carbons (Fsp3) is 0.409. The lowest BCUT2D eigenvalue weighted by molar-refractivity contribution is 0.0183. The molecule has 6 nitrogen and oxygen atoms in total. The van der Waals surface area contributed by atoms with Crippen LogP contribution in [0.4, 0.5) is 0 Å². The van der Waals surface area contributed by atoms with Crippen molar-refractivity contribution < 1.29 is 4.79 Å². The molecular formula is C22H24N4O2S. The Bertz CT molecular complexity index is 1080. The van der Waals surface area contributed by atoms with Gasteiger partial charge < -0.3 is 4.90 Å². The summed E-state index contributed by atoms with van der Waals surface area (Å²) in [7, 11) is 0. The summed E-state index contributed by atoms with van der Waals surface area (Å²) in [5, 5.41) is 9.94. The van der Waals surface area contributed by atoms with Gasteiger partial charge in [0.25, 0.3) is 11.5 Å². The summed E-state index contributed by atoms with van der Waals surface area (Å²) < 4.78 is 0. The first-order valence-electron chi connectivity index (χ1n) is 10.2. The second-order valence-corrected chi connectivity index (χ2v) is 9.05. The van der Waals surface area contributed by atoms with Crippen molar-refractivity contribution in [2.45, 2.75) is 31.8 Å². The molecule has 0 aliphatic carbocycles. The Hall–Kier alpha value is -2.51. The van der Waals surface area contributed by atoms with Gasteiger partial charge >= 0.3 is 0 Å². The number of nitrogens with zero attached hydrogens (tertiary/aromatic N) is 3. The molecule has 3 aromatic rings. The first-order valence-corrected chi connectivity index (χ1v) is 11.1. The summed E-state index contributed by atoms with van der Waals surface area (Å²) >= 11 is 1.81. The van der Waals surface area contributed by atoms with Crippen LogP contribution < -0.4 is 5.56 Å². The smallest absolute Gasteiger partial charge is 0.275 e. The Kier molecular flexibility index (Phi) is 4.93. The summed E-state index contributed by atoms with van der Waals surface area (Å²) in [6, 6.07) is 11.8. The van der Waals surface area contributed by atoms with Gasteiger partial charge in [0.15, 0.2) is 5.69 Å². The molecule has 2 atom stereocenters. The van der Waals surface area contributed by atoms with Crippen molar-refractivity contribution in [2.24, 2.45) is 5.92 Å². The summed E-state index contributed by atoms with van der Waals surface area (Å²) in [5.41, 5.74) is 0.109. The van der Waals surface area contributed by atoms with E-state index in [0.29, 0.717) is 22.4 Å². The highest BCUT2D eigenvalue weighted by Gasteiger charge is 2.39. The van der Waals surface area contributed by atoms with Crippen LogP contribution in [0.25, 0.3) is 10.8 Å². The van der Waals surface area contributed by atoms with Gasteiger partial charge in [-0.05, 0) is 42.7 Å². The predicted octanol–water partition coefficient (Wildman–Crippen LogP) is 3.11. The van der Waals surface area contributed by atoms with Gasteiger partial charge in [0.2, 0.25) is 0 Å². The Morgan fingerprint density at radius 3 is 2.83 bits per heavy atom. The van der Waals surface area contributed by atoms with Crippen molar-refractivity contribution in [2.75, 3.05) is 19.6 Å². The zero-order chi connectivity index (χ0) is 19.8. The summed E-state index contributed by atoms with van der Waals surface area (Å²) in [6.45, 7) is 3.80. The Morgan fingerprint density at radius 2 is 2.00 bits per heavy atom. The molecule has 29 heavy (non-hydrogen) atoms. The maximum atomic E-state index is 13.4. The standard InChI is InChI=1S/C22H24N4O2S/c27-21-18-8-2-1-7-17(18)20(23-24-21)22(28)26-10-3-5-15-13-25(11-9-19(15)26)14-16-6-4-12-29-16/h1-2,4,6-8,12,15,19H,3,5,9-11,13-14H2,(H,24,27)/t15-,19-/m1/s1. The van der Waals surface area contributed by atoms with Crippen molar-refractivity contribution in [1.82, 2.24) is 20.0 Å². The number of thiophene rings is 1. The first-order chi connectivity index (χ1) is 14.2. The topological polar surface area (TPSA) is 69.3 Å². The lowest BCUT2D eigenvalue weighted by atomic mass is 9.83. The van der Waals surface area contributed by atoms with Crippen LogP contribution in [0.2, 0.25) is 0 Å². The minimum atomic E-state index is -0.254. The molecule has 7 heteroatoms. The number of likely N-dealkylation sites (tertiary alicyclic amines) is 2. The summed E-state index contributed by atoms with van der Waals surface area (Å²) in [4.78, 5) is 31.5. The molecule has 2 aliphatic heterocycles. The van der Waals surface area contributed by atoms with Gasteiger partial charge in [-0.2, -0.15) is 5.10 Å². The Balaban J connectivity index is 1.38. The number of fused-ring (bicyclic) bond motifs is 2. The molecular weight excluding hydrogens is 384 g/mol. The van der Waals surface area contributed by atoms with Crippen LogP contribution in [0, 0.1) is 5.92 Å². The predicted molar refractivity (Wildman–Crippen MR) is 114 cm³/mol. The largest absolute Gasteiger partial charge is 0.334 e. The number of hydrogen-bond acceptors (Lipinski definition) is 5. The van der Waals surface area contributed by atoms with Crippen LogP contribution in [0.15, 0.2) is 46.6 Å². The second kappa shape index (κ2) is 7.72. The van der Waals surface area contributed by atoms with Crippen LogP contribution in [0.1, 0.15) is 34.6 Å². The van der Waals surface area contributed by atoms with Crippen molar-refractivity contribution in [3.8, 4) is 0 Å². The number of hydrogen-bond donors (Lipinski definition) is 1. The van der Waals surface area contributed by atoms with Crippen LogP contribution in [-0.2, 0) is 6.54 Å². The van der Waals surface area contributed by atoms with E-state index in [1.165, 1.54) is 4.88 Å². The highest BCUT2D eigenvalue weighted by atomic mass is 32.1. The number of benzene rings is 1. The quantitative estimate of drug-likeness (QED) is 0.723. The summed E-state index contributed by atoms with van der Waals surface area (Å²) in [5.74, 6) is 0.439. The number of piperidine rings is 2. The minimum Gasteiger partial charge on any atom is -0.334 e. The Labute approximate surface area is 173 Å². The molecule has 4 heterocycles. The van der Waals surface area contributed by atoms with E-state index in [2.05, 4.69) is 32.6 Å². The van der Waals surface area contributed by atoms with E-state index in [9.17, 15) is 9.59 Å². The Morgan fingerprint density at radius 1 is 1.14 bits per heavy atom. The fourth-order valence-electron chi connectivity index (χ4n) is 4.91. The number of aromatic amines is 1. The third kappa shape index (κ3) is 3.49. The van der Waals surface area contributed by atoms with Crippen molar-refractivity contribution in [3.05, 3.63) is 62.7 Å². The molecule has 1 N–H and O–H groups in total. The molecule has 0 unspecified atom stereocenters. The molecule has 1 aromatic carbocycles. The fourth-order valence-corrected chi connectivity index (χ4v) is 5.66. The second-order valence-electron chi connectivity index (χ2n) is 8.02. The van der Waals surface area contributed by atoms with Gasteiger partial charge in [-0.25, -0.2) is 5.10 Å². The maximum Gasteiger partial charge on any atom is 0.275 e. The zero-order valence-electron chi connectivity index (χ0n) is 16.2. The molecule has 2 aromatic heterocycles. The average molecular weight is 409 g/mol.